The zero-order chi connectivity index (χ0) is 25.1. The third-order valence-electron chi connectivity index (χ3n) is 7.59. The van der Waals surface area contributed by atoms with Gasteiger partial charge in [0.2, 0.25) is 0 Å². The zero-order valence-corrected chi connectivity index (χ0v) is 20.6. The fraction of sp³-hybridized carbons (Fsp3) is 0. The quantitative estimate of drug-likeness (QED) is 0.245. The smallest absolute Gasteiger partial charge is 0.145 e. The van der Waals surface area contributed by atoms with Gasteiger partial charge < -0.3 is 9.13 Å². The fourth-order valence-corrected chi connectivity index (χ4v) is 5.86. The van der Waals surface area contributed by atoms with E-state index in [1.54, 1.807) is 0 Å². The largest absolute Gasteiger partial charge is 0.309 e. The van der Waals surface area contributed by atoms with Crippen molar-refractivity contribution in [2.24, 2.45) is 0 Å². The van der Waals surface area contributed by atoms with Gasteiger partial charge in [0.15, 0.2) is 0 Å². The van der Waals surface area contributed by atoms with Gasteiger partial charge in [0.25, 0.3) is 0 Å². The summed E-state index contributed by atoms with van der Waals surface area (Å²) in [4.78, 5) is 5.04. The first-order valence-corrected chi connectivity index (χ1v) is 12.9. The molecular formula is C35H23N3. The molecule has 3 nitrogen and oxygen atoms in total. The first-order valence-electron chi connectivity index (χ1n) is 12.9. The number of fused-ring (bicyclic) bond motifs is 5. The van der Waals surface area contributed by atoms with Crippen molar-refractivity contribution in [2.45, 2.75) is 0 Å². The van der Waals surface area contributed by atoms with E-state index in [-0.39, 0.29) is 0 Å². The Hall–Kier alpha value is -5.15. The lowest BCUT2D eigenvalue weighted by atomic mass is 10.0. The van der Waals surface area contributed by atoms with Crippen LogP contribution in [0.5, 0.6) is 0 Å². The van der Waals surface area contributed by atoms with Crippen molar-refractivity contribution < 1.29 is 0 Å². The van der Waals surface area contributed by atoms with Gasteiger partial charge in [-0.05, 0) is 47.3 Å². The van der Waals surface area contributed by atoms with Gasteiger partial charge in [-0.3, -0.25) is 0 Å². The second kappa shape index (κ2) is 8.19. The van der Waals surface area contributed by atoms with Gasteiger partial charge in [-0.1, -0.05) is 91.0 Å². The third-order valence-corrected chi connectivity index (χ3v) is 7.59. The number of nitrogens with zero attached hydrogens (tertiary/aromatic N) is 3. The first-order chi connectivity index (χ1) is 18.9. The van der Waals surface area contributed by atoms with Crippen LogP contribution in [-0.4, -0.2) is 14.1 Å². The summed E-state index contributed by atoms with van der Waals surface area (Å²) < 4.78 is 4.60. The summed E-state index contributed by atoms with van der Waals surface area (Å²) in [6.45, 7) is 0. The van der Waals surface area contributed by atoms with E-state index in [2.05, 4.69) is 143 Å². The highest BCUT2D eigenvalue weighted by molar-refractivity contribution is 6.13. The number of hydrogen-bond acceptors (Lipinski definition) is 1. The van der Waals surface area contributed by atoms with E-state index in [1.807, 2.05) is 6.20 Å². The lowest BCUT2D eigenvalue weighted by Gasteiger charge is -2.13. The van der Waals surface area contributed by atoms with Gasteiger partial charge in [0.05, 0.1) is 16.6 Å². The lowest BCUT2D eigenvalue weighted by molar-refractivity contribution is 1.06. The standard InChI is InChI=1S/C35H23N3/c1-3-11-24(12-4-1)31-23-36-35(29-17-8-7-15-27(29)31)37-20-19-25-21-30-28-16-9-10-18-32(28)38(34(30)22-33(25)37)26-13-5-2-6-14-26/h1-23H. The van der Waals surface area contributed by atoms with Crippen LogP contribution in [0.2, 0.25) is 0 Å². The molecule has 0 aliphatic rings. The van der Waals surface area contributed by atoms with Crippen LogP contribution in [0.4, 0.5) is 0 Å². The number of benzene rings is 5. The second-order valence-corrected chi connectivity index (χ2v) is 9.71. The number of para-hydroxylation sites is 2. The summed E-state index contributed by atoms with van der Waals surface area (Å²) in [5.74, 6) is 0.942. The molecule has 0 N–H and O–H groups in total. The molecule has 3 heteroatoms. The van der Waals surface area contributed by atoms with Crippen LogP contribution in [0, 0.1) is 0 Å². The van der Waals surface area contributed by atoms with E-state index in [4.69, 9.17) is 4.98 Å². The summed E-state index contributed by atoms with van der Waals surface area (Å²) >= 11 is 0. The summed E-state index contributed by atoms with van der Waals surface area (Å²) in [6, 6.07) is 45.2. The van der Waals surface area contributed by atoms with Crippen LogP contribution >= 0.6 is 0 Å². The van der Waals surface area contributed by atoms with Gasteiger partial charge in [0.1, 0.15) is 5.82 Å². The van der Waals surface area contributed by atoms with Crippen LogP contribution in [0.25, 0.3) is 66.1 Å². The van der Waals surface area contributed by atoms with Crippen LogP contribution in [0.15, 0.2) is 140 Å². The molecule has 0 bridgehead atoms. The van der Waals surface area contributed by atoms with E-state index in [1.165, 1.54) is 38.1 Å². The van der Waals surface area contributed by atoms with E-state index in [9.17, 15) is 0 Å². The minimum atomic E-state index is 0.942. The normalized spacial score (nSPS) is 11.7. The summed E-state index contributed by atoms with van der Waals surface area (Å²) in [5.41, 5.74) is 7.02. The van der Waals surface area contributed by atoms with Crippen LogP contribution in [0.1, 0.15) is 0 Å². The summed E-state index contributed by atoms with van der Waals surface area (Å²) in [5, 5.41) is 6.05. The Morgan fingerprint density at radius 3 is 2.00 bits per heavy atom. The summed E-state index contributed by atoms with van der Waals surface area (Å²) in [6.07, 6.45) is 4.16. The molecule has 0 unspecified atom stereocenters. The minimum Gasteiger partial charge on any atom is -0.309 e. The molecule has 0 atom stereocenters. The SMILES string of the molecule is c1ccc(-c2cnc(-n3ccc4cc5c6ccccc6n(-c6ccccc6)c5cc43)c3ccccc23)cc1. The van der Waals surface area contributed by atoms with Crippen molar-refractivity contribution in [2.75, 3.05) is 0 Å². The molecule has 8 aromatic rings. The number of pyridine rings is 1. The topological polar surface area (TPSA) is 22.8 Å². The van der Waals surface area contributed by atoms with Crippen molar-refractivity contribution in [3.8, 4) is 22.6 Å². The highest BCUT2D eigenvalue weighted by atomic mass is 15.1. The second-order valence-electron chi connectivity index (χ2n) is 9.71. The predicted molar refractivity (Wildman–Crippen MR) is 158 cm³/mol. The minimum absolute atomic E-state index is 0.942. The van der Waals surface area contributed by atoms with Crippen LogP contribution in [0.3, 0.4) is 0 Å². The Morgan fingerprint density at radius 1 is 0.500 bits per heavy atom. The fourth-order valence-electron chi connectivity index (χ4n) is 5.86. The van der Waals surface area contributed by atoms with Crippen molar-refractivity contribution >= 4 is 43.5 Å². The Morgan fingerprint density at radius 2 is 1.18 bits per heavy atom. The Bertz CT molecular complexity index is 2120. The molecule has 0 aliphatic heterocycles. The molecule has 178 valence electrons. The molecule has 38 heavy (non-hydrogen) atoms. The maximum absolute atomic E-state index is 5.04. The molecule has 3 heterocycles. The average molecular weight is 486 g/mol. The van der Waals surface area contributed by atoms with Gasteiger partial charge in [-0.15, -0.1) is 0 Å². The molecule has 0 saturated heterocycles. The molecule has 5 aromatic carbocycles. The van der Waals surface area contributed by atoms with Crippen molar-refractivity contribution in [1.82, 2.24) is 14.1 Å². The summed E-state index contributed by atoms with van der Waals surface area (Å²) in [7, 11) is 0. The monoisotopic (exact) mass is 485 g/mol. The highest BCUT2D eigenvalue weighted by Crippen LogP contribution is 2.37. The molecule has 0 amide bonds. The van der Waals surface area contributed by atoms with Gasteiger partial charge in [-0.25, -0.2) is 4.98 Å². The van der Waals surface area contributed by atoms with E-state index in [0.29, 0.717) is 0 Å². The maximum atomic E-state index is 5.04. The molecule has 0 spiro atoms. The predicted octanol–water partition coefficient (Wildman–Crippen LogP) is 8.94. The molecule has 0 radical (unpaired) electrons. The zero-order valence-electron chi connectivity index (χ0n) is 20.6. The lowest BCUT2D eigenvalue weighted by Crippen LogP contribution is -1.99. The molecule has 0 aliphatic carbocycles. The average Bonchev–Trinajstić information content (AvgIpc) is 3.55. The molecular weight excluding hydrogens is 462 g/mol. The maximum Gasteiger partial charge on any atom is 0.145 e. The van der Waals surface area contributed by atoms with Crippen molar-refractivity contribution in [3.63, 3.8) is 0 Å². The Kier molecular flexibility index (Phi) is 4.52. The van der Waals surface area contributed by atoms with E-state index >= 15 is 0 Å². The Balaban J connectivity index is 1.42. The molecule has 3 aromatic heterocycles. The van der Waals surface area contributed by atoms with Crippen molar-refractivity contribution in [3.05, 3.63) is 140 Å². The highest BCUT2D eigenvalue weighted by Gasteiger charge is 2.16. The number of aromatic nitrogens is 3. The first kappa shape index (κ1) is 21.0. The number of rotatable bonds is 3. The van der Waals surface area contributed by atoms with Gasteiger partial charge in [0, 0.05) is 45.2 Å². The van der Waals surface area contributed by atoms with E-state index < -0.39 is 0 Å². The van der Waals surface area contributed by atoms with Crippen LogP contribution < -0.4 is 0 Å². The van der Waals surface area contributed by atoms with Gasteiger partial charge >= 0.3 is 0 Å². The third kappa shape index (κ3) is 3.06. The van der Waals surface area contributed by atoms with Crippen molar-refractivity contribution in [1.29, 1.82) is 0 Å². The molecule has 0 fully saturated rings. The molecule has 0 saturated carbocycles. The van der Waals surface area contributed by atoms with Crippen LogP contribution in [-0.2, 0) is 0 Å². The number of hydrogen-bond donors (Lipinski definition) is 0. The molecule has 8 rings (SSSR count). The van der Waals surface area contributed by atoms with E-state index in [0.717, 1.165) is 28.0 Å². The Labute approximate surface area is 219 Å². The van der Waals surface area contributed by atoms with Gasteiger partial charge in [-0.2, -0.15) is 0 Å².